The quantitative estimate of drug-likeness (QED) is 0.868. The molecule has 19 heavy (non-hydrogen) atoms. The van der Waals surface area contributed by atoms with Gasteiger partial charge < -0.3 is 19.6 Å². The van der Waals surface area contributed by atoms with Crippen LogP contribution in [-0.4, -0.2) is 62.4 Å². The van der Waals surface area contributed by atoms with Crippen molar-refractivity contribution < 1.29 is 14.6 Å². The largest absolute Gasteiger partial charge is 0.388 e. The van der Waals surface area contributed by atoms with Gasteiger partial charge in [0.05, 0.1) is 25.4 Å². The highest BCUT2D eigenvalue weighted by Crippen LogP contribution is 2.18. The Hall–Kier alpha value is -1.59. The average Bonchev–Trinajstić information content (AvgIpc) is 2.83. The van der Waals surface area contributed by atoms with E-state index in [0.717, 1.165) is 5.69 Å². The van der Waals surface area contributed by atoms with E-state index >= 15 is 0 Å². The second-order valence-corrected chi connectivity index (χ2v) is 5.03. The van der Waals surface area contributed by atoms with E-state index < -0.39 is 6.10 Å². The molecule has 1 aromatic carbocycles. The topological polar surface area (TPSA) is 53.0 Å². The fourth-order valence-corrected chi connectivity index (χ4v) is 2.17. The molecule has 104 valence electrons. The van der Waals surface area contributed by atoms with Crippen LogP contribution in [-0.2, 0) is 4.74 Å². The lowest BCUT2D eigenvalue weighted by atomic mass is 10.1. The maximum atomic E-state index is 12.4. The molecular weight excluding hydrogens is 244 g/mol. The molecule has 1 aliphatic heterocycles. The predicted octanol–water partition coefficient (Wildman–Crippen LogP) is 0.584. The number of ether oxygens (including phenoxy) is 1. The van der Waals surface area contributed by atoms with Gasteiger partial charge >= 0.3 is 0 Å². The highest BCUT2D eigenvalue weighted by Gasteiger charge is 2.32. The van der Waals surface area contributed by atoms with Crippen molar-refractivity contribution in [3.63, 3.8) is 0 Å². The third kappa shape index (κ3) is 2.88. The maximum Gasteiger partial charge on any atom is 0.254 e. The van der Waals surface area contributed by atoms with Crippen molar-refractivity contribution in [2.24, 2.45) is 0 Å². The van der Waals surface area contributed by atoms with Crippen LogP contribution in [0.25, 0.3) is 0 Å². The van der Waals surface area contributed by atoms with E-state index in [0.29, 0.717) is 18.8 Å². The molecule has 0 saturated carbocycles. The van der Waals surface area contributed by atoms with Crippen LogP contribution in [0.3, 0.4) is 0 Å². The SMILES string of the molecule is CN(C)c1cccc(C(=O)N(C)[C@@H]2COC[C@H]2O)c1. The Bertz CT molecular complexity index is 462. The zero-order chi connectivity index (χ0) is 14.0. The van der Waals surface area contributed by atoms with Crippen LogP contribution >= 0.6 is 0 Å². The number of aliphatic hydroxyl groups is 1. The van der Waals surface area contributed by atoms with Crippen LogP contribution in [0.4, 0.5) is 5.69 Å². The molecule has 0 aliphatic carbocycles. The van der Waals surface area contributed by atoms with Crippen LogP contribution in [0.2, 0.25) is 0 Å². The van der Waals surface area contributed by atoms with Gasteiger partial charge in [-0.15, -0.1) is 0 Å². The Morgan fingerprint density at radius 1 is 1.32 bits per heavy atom. The Kier molecular flexibility index (Phi) is 4.07. The van der Waals surface area contributed by atoms with Gasteiger partial charge in [0.15, 0.2) is 0 Å². The average molecular weight is 264 g/mol. The van der Waals surface area contributed by atoms with Crippen LogP contribution in [0, 0.1) is 0 Å². The molecule has 1 heterocycles. The van der Waals surface area contributed by atoms with Crippen molar-refractivity contribution >= 4 is 11.6 Å². The van der Waals surface area contributed by atoms with Crippen LogP contribution < -0.4 is 4.90 Å². The summed E-state index contributed by atoms with van der Waals surface area (Å²) < 4.78 is 5.19. The molecule has 2 rings (SSSR count). The molecule has 1 N–H and O–H groups in total. The summed E-state index contributed by atoms with van der Waals surface area (Å²) in [4.78, 5) is 15.9. The Balaban J connectivity index is 2.17. The lowest BCUT2D eigenvalue weighted by Gasteiger charge is -2.26. The van der Waals surface area contributed by atoms with E-state index in [1.165, 1.54) is 0 Å². The number of carbonyl (C=O) groups excluding carboxylic acids is 1. The lowest BCUT2D eigenvalue weighted by Crippen LogP contribution is -2.44. The summed E-state index contributed by atoms with van der Waals surface area (Å²) in [5, 5.41) is 9.77. The minimum atomic E-state index is -0.606. The van der Waals surface area contributed by atoms with Crippen LogP contribution in [0.15, 0.2) is 24.3 Å². The molecule has 1 saturated heterocycles. The summed E-state index contributed by atoms with van der Waals surface area (Å²) in [5.74, 6) is -0.0988. The fraction of sp³-hybridized carbons (Fsp3) is 0.500. The smallest absolute Gasteiger partial charge is 0.254 e. The van der Waals surface area contributed by atoms with Gasteiger partial charge in [-0.05, 0) is 18.2 Å². The first-order chi connectivity index (χ1) is 9.00. The molecule has 0 radical (unpaired) electrons. The summed E-state index contributed by atoms with van der Waals surface area (Å²) in [5.41, 5.74) is 1.59. The first-order valence-corrected chi connectivity index (χ1v) is 6.31. The van der Waals surface area contributed by atoms with Crippen molar-refractivity contribution in [3.05, 3.63) is 29.8 Å². The van der Waals surface area contributed by atoms with E-state index in [1.807, 2.05) is 37.2 Å². The molecule has 1 aliphatic rings. The lowest BCUT2D eigenvalue weighted by molar-refractivity contribution is 0.0581. The molecule has 1 fully saturated rings. The summed E-state index contributed by atoms with van der Waals surface area (Å²) in [6, 6.07) is 7.17. The van der Waals surface area contributed by atoms with Gasteiger partial charge in [0, 0.05) is 32.4 Å². The zero-order valence-electron chi connectivity index (χ0n) is 11.5. The van der Waals surface area contributed by atoms with Crippen LogP contribution in [0.1, 0.15) is 10.4 Å². The molecule has 1 aromatic rings. The number of aliphatic hydroxyl groups excluding tert-OH is 1. The van der Waals surface area contributed by atoms with E-state index in [2.05, 4.69) is 0 Å². The molecule has 5 heteroatoms. The van der Waals surface area contributed by atoms with Gasteiger partial charge in [-0.3, -0.25) is 4.79 Å². The summed E-state index contributed by atoms with van der Waals surface area (Å²) in [6.45, 7) is 0.677. The highest BCUT2D eigenvalue weighted by atomic mass is 16.5. The first kappa shape index (κ1) is 13.8. The normalized spacial score (nSPS) is 22.3. The third-order valence-corrected chi connectivity index (χ3v) is 3.45. The van der Waals surface area contributed by atoms with Crippen molar-refractivity contribution in [1.82, 2.24) is 4.90 Å². The van der Waals surface area contributed by atoms with Gasteiger partial charge in [-0.25, -0.2) is 0 Å². The summed E-state index contributed by atoms with van der Waals surface area (Å²) in [6.07, 6.45) is -0.606. The highest BCUT2D eigenvalue weighted by molar-refractivity contribution is 5.95. The molecule has 0 aromatic heterocycles. The summed E-state index contributed by atoms with van der Waals surface area (Å²) >= 11 is 0. The number of amides is 1. The third-order valence-electron chi connectivity index (χ3n) is 3.45. The van der Waals surface area contributed by atoms with Crippen molar-refractivity contribution in [2.75, 3.05) is 39.3 Å². The van der Waals surface area contributed by atoms with Crippen molar-refractivity contribution in [1.29, 1.82) is 0 Å². The molecule has 2 atom stereocenters. The standard InChI is InChI=1S/C14H20N2O3/c1-15(2)11-6-4-5-10(7-11)14(18)16(3)12-8-19-9-13(12)17/h4-7,12-13,17H,8-9H2,1-3H3/t12-,13-/m1/s1. The van der Waals surface area contributed by atoms with Gasteiger partial charge in [0.2, 0.25) is 0 Å². The van der Waals surface area contributed by atoms with E-state index in [1.54, 1.807) is 18.0 Å². The van der Waals surface area contributed by atoms with E-state index in [-0.39, 0.29) is 11.9 Å². The monoisotopic (exact) mass is 264 g/mol. The summed E-state index contributed by atoms with van der Waals surface area (Å²) in [7, 11) is 5.57. The van der Waals surface area contributed by atoms with Crippen molar-refractivity contribution in [2.45, 2.75) is 12.1 Å². The minimum absolute atomic E-state index is 0.0988. The number of hydrogen-bond donors (Lipinski definition) is 1. The Morgan fingerprint density at radius 2 is 2.05 bits per heavy atom. The number of rotatable bonds is 3. The second kappa shape index (κ2) is 5.59. The number of anilines is 1. The number of hydrogen-bond acceptors (Lipinski definition) is 4. The molecule has 5 nitrogen and oxygen atoms in total. The molecule has 1 amide bonds. The second-order valence-electron chi connectivity index (χ2n) is 5.03. The number of likely N-dealkylation sites (N-methyl/N-ethyl adjacent to an activating group) is 1. The zero-order valence-corrected chi connectivity index (χ0v) is 11.5. The number of benzene rings is 1. The molecule has 0 bridgehead atoms. The van der Waals surface area contributed by atoms with Crippen molar-refractivity contribution in [3.8, 4) is 0 Å². The van der Waals surface area contributed by atoms with Gasteiger partial charge in [-0.1, -0.05) is 6.07 Å². The fourth-order valence-electron chi connectivity index (χ4n) is 2.17. The Morgan fingerprint density at radius 3 is 2.63 bits per heavy atom. The Labute approximate surface area is 113 Å². The predicted molar refractivity (Wildman–Crippen MR) is 73.5 cm³/mol. The maximum absolute atomic E-state index is 12.4. The minimum Gasteiger partial charge on any atom is -0.388 e. The molecule has 0 spiro atoms. The van der Waals surface area contributed by atoms with Gasteiger partial charge in [-0.2, -0.15) is 0 Å². The van der Waals surface area contributed by atoms with Crippen LogP contribution in [0.5, 0.6) is 0 Å². The molecule has 0 unspecified atom stereocenters. The van der Waals surface area contributed by atoms with Gasteiger partial charge in [0.1, 0.15) is 0 Å². The first-order valence-electron chi connectivity index (χ1n) is 6.31. The number of nitrogens with zero attached hydrogens (tertiary/aromatic N) is 2. The van der Waals surface area contributed by atoms with E-state index in [4.69, 9.17) is 4.74 Å². The molecular formula is C14H20N2O3. The van der Waals surface area contributed by atoms with Gasteiger partial charge in [0.25, 0.3) is 5.91 Å². The van der Waals surface area contributed by atoms with E-state index in [9.17, 15) is 9.90 Å². The number of carbonyl (C=O) groups is 1.